The zero-order chi connectivity index (χ0) is 23.4. The van der Waals surface area contributed by atoms with Crippen LogP contribution in [-0.4, -0.2) is 13.2 Å². The van der Waals surface area contributed by atoms with Crippen molar-refractivity contribution in [1.82, 2.24) is 0 Å². The molecule has 0 saturated heterocycles. The molecule has 2 heteroatoms. The van der Waals surface area contributed by atoms with Gasteiger partial charge in [0.15, 0.2) is 0 Å². The third kappa shape index (κ3) is 6.73. The molecule has 0 radical (unpaired) electrons. The molecule has 0 bridgehead atoms. The predicted molar refractivity (Wildman–Crippen MR) is 141 cm³/mol. The van der Waals surface area contributed by atoms with E-state index in [4.69, 9.17) is 9.47 Å². The summed E-state index contributed by atoms with van der Waals surface area (Å²) in [5.74, 6) is 1.75. The van der Waals surface area contributed by atoms with Crippen molar-refractivity contribution >= 4 is 5.57 Å². The van der Waals surface area contributed by atoms with Crippen LogP contribution in [0.3, 0.4) is 0 Å². The number of rotatable bonds is 11. The molecule has 0 fully saturated rings. The van der Waals surface area contributed by atoms with Crippen LogP contribution in [0, 0.1) is 0 Å². The van der Waals surface area contributed by atoms with E-state index in [1.54, 1.807) is 0 Å². The van der Waals surface area contributed by atoms with Crippen molar-refractivity contribution in [1.29, 1.82) is 0 Å². The molecule has 0 aliphatic heterocycles. The lowest BCUT2D eigenvalue weighted by Gasteiger charge is -2.12. The second kappa shape index (κ2) is 12.3. The minimum absolute atomic E-state index is 0.657. The largest absolute Gasteiger partial charge is 0.493 e. The van der Waals surface area contributed by atoms with Gasteiger partial charge in [-0.1, -0.05) is 104 Å². The van der Waals surface area contributed by atoms with Gasteiger partial charge in [-0.15, -0.1) is 0 Å². The molecule has 0 aromatic heterocycles. The van der Waals surface area contributed by atoms with Crippen LogP contribution in [0.25, 0.3) is 5.57 Å². The summed E-state index contributed by atoms with van der Waals surface area (Å²) < 4.78 is 11.9. The first kappa shape index (κ1) is 23.1. The van der Waals surface area contributed by atoms with Crippen LogP contribution in [-0.2, 0) is 12.8 Å². The molecule has 2 nitrogen and oxygen atoms in total. The van der Waals surface area contributed by atoms with Crippen molar-refractivity contribution in [2.75, 3.05) is 13.2 Å². The Morgan fingerprint density at radius 3 is 1.35 bits per heavy atom. The van der Waals surface area contributed by atoms with E-state index < -0.39 is 0 Å². The third-order valence-electron chi connectivity index (χ3n) is 5.62. The highest BCUT2D eigenvalue weighted by atomic mass is 16.5. The zero-order valence-electron chi connectivity index (χ0n) is 19.4. The highest BCUT2D eigenvalue weighted by Gasteiger charge is 2.06. The van der Waals surface area contributed by atoms with E-state index in [1.165, 1.54) is 11.1 Å². The van der Waals surface area contributed by atoms with Gasteiger partial charge in [0.05, 0.1) is 13.2 Å². The van der Waals surface area contributed by atoms with E-state index in [-0.39, 0.29) is 0 Å². The van der Waals surface area contributed by atoms with Crippen LogP contribution in [0.4, 0.5) is 0 Å². The quantitative estimate of drug-likeness (QED) is 0.221. The lowest BCUT2D eigenvalue weighted by Crippen LogP contribution is -2.01. The van der Waals surface area contributed by atoms with Crippen LogP contribution >= 0.6 is 0 Å². The molecule has 4 rings (SSSR count). The molecule has 0 amide bonds. The first-order chi connectivity index (χ1) is 16.8. The second-order valence-electron chi connectivity index (χ2n) is 8.03. The average Bonchev–Trinajstić information content (AvgIpc) is 2.90. The van der Waals surface area contributed by atoms with Crippen molar-refractivity contribution < 1.29 is 9.47 Å². The fourth-order valence-corrected chi connectivity index (χ4v) is 3.80. The number of hydrogen-bond acceptors (Lipinski definition) is 2. The first-order valence-corrected chi connectivity index (χ1v) is 11.7. The van der Waals surface area contributed by atoms with E-state index in [2.05, 4.69) is 79.4 Å². The summed E-state index contributed by atoms with van der Waals surface area (Å²) in [5, 5.41) is 0. The summed E-state index contributed by atoms with van der Waals surface area (Å²) >= 11 is 0. The summed E-state index contributed by atoms with van der Waals surface area (Å²) in [7, 11) is 0. The Balaban J connectivity index is 1.34. The predicted octanol–water partition coefficient (Wildman–Crippen LogP) is 7.55. The molecule has 0 aliphatic rings. The van der Waals surface area contributed by atoms with E-state index in [1.807, 2.05) is 48.6 Å². The number of allylic oxidation sites excluding steroid dienone is 2. The van der Waals surface area contributed by atoms with Gasteiger partial charge in [-0.05, 0) is 52.1 Å². The smallest absolute Gasteiger partial charge is 0.119 e. The molecule has 0 unspecified atom stereocenters. The number of benzene rings is 4. The molecule has 4 aromatic carbocycles. The Bertz CT molecular complexity index is 1080. The second-order valence-corrected chi connectivity index (χ2v) is 8.03. The van der Waals surface area contributed by atoms with Gasteiger partial charge in [-0.3, -0.25) is 0 Å². The van der Waals surface area contributed by atoms with Crippen molar-refractivity contribution in [2.24, 2.45) is 0 Å². The standard InChI is InChI=1S/C32H30O2/c1-2-9-32(28-14-18-30(19-15-28)33-24-22-26-10-5-3-6-11-26)29-16-20-31(21-17-29)34-25-23-27-12-7-4-8-13-27/h2-21H,1,22-25H2. The molecule has 0 heterocycles. The van der Waals surface area contributed by atoms with Crippen molar-refractivity contribution in [3.05, 3.63) is 150 Å². The van der Waals surface area contributed by atoms with E-state index in [9.17, 15) is 0 Å². The molecule has 0 saturated carbocycles. The van der Waals surface area contributed by atoms with Gasteiger partial charge in [0, 0.05) is 12.8 Å². The van der Waals surface area contributed by atoms with Crippen LogP contribution in [0.2, 0.25) is 0 Å². The topological polar surface area (TPSA) is 18.5 Å². The molecular formula is C32H30O2. The Morgan fingerprint density at radius 2 is 0.971 bits per heavy atom. The summed E-state index contributed by atoms with van der Waals surface area (Å²) in [5.41, 5.74) is 5.91. The Hall–Kier alpha value is -4.04. The molecule has 0 N–H and O–H groups in total. The summed E-state index contributed by atoms with van der Waals surface area (Å²) in [6, 6.07) is 37.3. The maximum Gasteiger partial charge on any atom is 0.119 e. The third-order valence-corrected chi connectivity index (χ3v) is 5.62. The minimum Gasteiger partial charge on any atom is -0.493 e. The monoisotopic (exact) mass is 446 g/mol. The minimum atomic E-state index is 0.657. The van der Waals surface area contributed by atoms with Crippen LogP contribution in [0.15, 0.2) is 128 Å². The Kier molecular flexibility index (Phi) is 8.35. The zero-order valence-corrected chi connectivity index (χ0v) is 19.4. The van der Waals surface area contributed by atoms with Crippen molar-refractivity contribution in [3.63, 3.8) is 0 Å². The van der Waals surface area contributed by atoms with Crippen LogP contribution in [0.1, 0.15) is 22.3 Å². The fourth-order valence-electron chi connectivity index (χ4n) is 3.80. The van der Waals surface area contributed by atoms with Gasteiger partial charge in [-0.25, -0.2) is 0 Å². The van der Waals surface area contributed by atoms with Crippen molar-refractivity contribution in [2.45, 2.75) is 12.8 Å². The first-order valence-electron chi connectivity index (χ1n) is 11.7. The van der Waals surface area contributed by atoms with Gasteiger partial charge in [0.2, 0.25) is 0 Å². The van der Waals surface area contributed by atoms with E-state index >= 15 is 0 Å². The SMILES string of the molecule is C=CC=C(c1ccc(OCCc2ccccc2)cc1)c1ccc(OCCc2ccccc2)cc1. The molecule has 4 aromatic rings. The van der Waals surface area contributed by atoms with Gasteiger partial charge >= 0.3 is 0 Å². The van der Waals surface area contributed by atoms with Crippen molar-refractivity contribution in [3.8, 4) is 11.5 Å². The van der Waals surface area contributed by atoms with Gasteiger partial charge in [-0.2, -0.15) is 0 Å². The number of ether oxygens (including phenoxy) is 2. The molecule has 0 aliphatic carbocycles. The normalized spacial score (nSPS) is 10.4. The van der Waals surface area contributed by atoms with E-state index in [0.717, 1.165) is 41.0 Å². The van der Waals surface area contributed by atoms with Crippen LogP contribution < -0.4 is 9.47 Å². The average molecular weight is 447 g/mol. The van der Waals surface area contributed by atoms with Gasteiger partial charge in [0.1, 0.15) is 11.5 Å². The highest BCUT2D eigenvalue weighted by Crippen LogP contribution is 2.27. The Labute approximate surface area is 202 Å². The highest BCUT2D eigenvalue weighted by molar-refractivity contribution is 5.81. The summed E-state index contributed by atoms with van der Waals surface area (Å²) in [4.78, 5) is 0. The summed E-state index contributed by atoms with van der Waals surface area (Å²) in [6.45, 7) is 5.21. The molecular weight excluding hydrogens is 416 g/mol. The molecule has 0 spiro atoms. The van der Waals surface area contributed by atoms with Gasteiger partial charge in [0.25, 0.3) is 0 Å². The molecule has 0 atom stereocenters. The fraction of sp³-hybridized carbons (Fsp3) is 0.125. The maximum atomic E-state index is 5.94. The van der Waals surface area contributed by atoms with Gasteiger partial charge < -0.3 is 9.47 Å². The maximum absolute atomic E-state index is 5.94. The number of hydrogen-bond donors (Lipinski definition) is 0. The van der Waals surface area contributed by atoms with Crippen LogP contribution in [0.5, 0.6) is 11.5 Å². The molecule has 170 valence electrons. The molecule has 34 heavy (non-hydrogen) atoms. The Morgan fingerprint density at radius 1 is 0.559 bits per heavy atom. The van der Waals surface area contributed by atoms with E-state index in [0.29, 0.717) is 13.2 Å². The summed E-state index contributed by atoms with van der Waals surface area (Å²) in [6.07, 6.45) is 5.65. The lowest BCUT2D eigenvalue weighted by atomic mass is 9.97. The lowest BCUT2D eigenvalue weighted by molar-refractivity contribution is 0.322.